The van der Waals surface area contributed by atoms with E-state index < -0.39 is 22.0 Å². The summed E-state index contributed by atoms with van der Waals surface area (Å²) < 4.78 is 29.7. The van der Waals surface area contributed by atoms with E-state index in [4.69, 9.17) is 9.84 Å². The number of aliphatic carboxylic acids is 1. The van der Waals surface area contributed by atoms with Gasteiger partial charge in [0.25, 0.3) is 0 Å². The van der Waals surface area contributed by atoms with E-state index in [1.165, 1.54) is 6.07 Å². The van der Waals surface area contributed by atoms with E-state index in [0.717, 1.165) is 6.26 Å². The van der Waals surface area contributed by atoms with Crippen LogP contribution in [0.4, 0.5) is 0 Å². The molecule has 1 rings (SSSR count). The summed E-state index contributed by atoms with van der Waals surface area (Å²) in [4.78, 5) is 11.2. The van der Waals surface area contributed by atoms with E-state index in [1.54, 1.807) is 25.1 Å². The quantitative estimate of drug-likeness (QED) is 0.798. The molecule has 1 aromatic rings. The van der Waals surface area contributed by atoms with E-state index in [2.05, 4.69) is 4.72 Å². The van der Waals surface area contributed by atoms with Gasteiger partial charge in [-0.25, -0.2) is 8.42 Å². The van der Waals surface area contributed by atoms with Crippen LogP contribution in [-0.2, 0) is 14.8 Å². The van der Waals surface area contributed by atoms with Crippen LogP contribution in [0.1, 0.15) is 18.5 Å². The Morgan fingerprint density at radius 2 is 2.06 bits per heavy atom. The van der Waals surface area contributed by atoms with Crippen molar-refractivity contribution in [1.29, 1.82) is 0 Å². The molecule has 0 saturated carbocycles. The second kappa shape index (κ2) is 5.83. The van der Waals surface area contributed by atoms with Gasteiger partial charge in [0.05, 0.1) is 12.9 Å². The van der Waals surface area contributed by atoms with E-state index in [9.17, 15) is 13.2 Å². The first-order valence-electron chi connectivity index (χ1n) is 5.27. The summed E-state index contributed by atoms with van der Waals surface area (Å²) in [5.74, 6) is -0.934. The molecule has 0 aliphatic carbocycles. The lowest BCUT2D eigenvalue weighted by atomic mass is 10.1. The Morgan fingerprint density at radius 1 is 1.44 bits per heavy atom. The van der Waals surface area contributed by atoms with Crippen LogP contribution in [0.3, 0.4) is 0 Å². The molecule has 7 heteroatoms. The molecule has 18 heavy (non-hydrogen) atoms. The van der Waals surface area contributed by atoms with E-state index in [1.807, 2.05) is 0 Å². The minimum absolute atomic E-state index is 0.275. The Morgan fingerprint density at radius 3 is 2.56 bits per heavy atom. The average molecular weight is 273 g/mol. The van der Waals surface area contributed by atoms with Gasteiger partial charge in [0.1, 0.15) is 11.8 Å². The van der Waals surface area contributed by atoms with Crippen LogP contribution in [0, 0.1) is 0 Å². The summed E-state index contributed by atoms with van der Waals surface area (Å²) in [7, 11) is -3.63. The highest BCUT2D eigenvalue weighted by Crippen LogP contribution is 2.25. The highest BCUT2D eigenvalue weighted by molar-refractivity contribution is 7.88. The normalized spacial score (nSPS) is 13.0. The molecule has 0 bridgehead atoms. The topological polar surface area (TPSA) is 92.7 Å². The lowest BCUT2D eigenvalue weighted by Gasteiger charge is -2.17. The lowest BCUT2D eigenvalue weighted by Crippen LogP contribution is -2.33. The van der Waals surface area contributed by atoms with Crippen LogP contribution in [0.2, 0.25) is 0 Å². The Kier molecular flexibility index (Phi) is 4.69. The Balaban J connectivity index is 3.17. The molecule has 1 aromatic carbocycles. The van der Waals surface area contributed by atoms with E-state index in [0.29, 0.717) is 12.4 Å². The summed E-state index contributed by atoms with van der Waals surface area (Å²) in [6.07, 6.45) is 0.909. The predicted molar refractivity (Wildman–Crippen MR) is 66.0 cm³/mol. The molecule has 0 radical (unpaired) electrons. The fourth-order valence-corrected chi connectivity index (χ4v) is 2.12. The number of sulfonamides is 1. The molecule has 1 atom stereocenters. The Hall–Kier alpha value is -1.60. The van der Waals surface area contributed by atoms with E-state index in [-0.39, 0.29) is 5.56 Å². The number of hydrogen-bond acceptors (Lipinski definition) is 4. The fourth-order valence-electron chi connectivity index (χ4n) is 1.47. The molecule has 1 unspecified atom stereocenters. The first kappa shape index (κ1) is 14.5. The first-order valence-corrected chi connectivity index (χ1v) is 7.16. The summed E-state index contributed by atoms with van der Waals surface area (Å²) >= 11 is 0. The first-order chi connectivity index (χ1) is 8.35. The summed E-state index contributed by atoms with van der Waals surface area (Å²) in [5.41, 5.74) is 0.275. The van der Waals surface area contributed by atoms with E-state index >= 15 is 0 Å². The molecular weight excluding hydrogens is 258 g/mol. The number of nitrogens with one attached hydrogen (secondary N) is 1. The number of carboxylic acid groups (broad SMARTS) is 1. The number of para-hydroxylation sites is 1. The zero-order valence-corrected chi connectivity index (χ0v) is 10.9. The van der Waals surface area contributed by atoms with Crippen molar-refractivity contribution in [3.63, 3.8) is 0 Å². The highest BCUT2D eigenvalue weighted by atomic mass is 32.2. The van der Waals surface area contributed by atoms with Crippen molar-refractivity contribution in [3.05, 3.63) is 29.8 Å². The average Bonchev–Trinajstić information content (AvgIpc) is 2.26. The van der Waals surface area contributed by atoms with Crippen molar-refractivity contribution < 1.29 is 23.1 Å². The van der Waals surface area contributed by atoms with Crippen LogP contribution in [0.25, 0.3) is 0 Å². The number of hydrogen-bond donors (Lipinski definition) is 2. The number of ether oxygens (including phenoxy) is 1. The predicted octanol–water partition coefficient (Wildman–Crippen LogP) is 0.760. The molecule has 0 aliphatic rings. The van der Waals surface area contributed by atoms with Crippen molar-refractivity contribution in [1.82, 2.24) is 4.72 Å². The molecule has 0 saturated heterocycles. The zero-order chi connectivity index (χ0) is 13.8. The monoisotopic (exact) mass is 273 g/mol. The number of benzene rings is 1. The molecule has 0 amide bonds. The molecule has 0 aromatic heterocycles. The maximum Gasteiger partial charge on any atom is 0.326 e. The van der Waals surface area contributed by atoms with Crippen molar-refractivity contribution in [2.24, 2.45) is 0 Å². The number of rotatable bonds is 6. The maximum absolute atomic E-state index is 11.2. The van der Waals surface area contributed by atoms with Crippen molar-refractivity contribution >= 4 is 16.0 Å². The van der Waals surface area contributed by atoms with Crippen LogP contribution in [0.15, 0.2) is 24.3 Å². The third kappa shape index (κ3) is 4.01. The van der Waals surface area contributed by atoms with Crippen molar-refractivity contribution in [2.45, 2.75) is 13.0 Å². The molecule has 2 N–H and O–H groups in total. The van der Waals surface area contributed by atoms with Gasteiger partial charge in [0, 0.05) is 5.56 Å². The smallest absolute Gasteiger partial charge is 0.326 e. The zero-order valence-electron chi connectivity index (χ0n) is 10.1. The third-order valence-electron chi connectivity index (χ3n) is 2.11. The summed E-state index contributed by atoms with van der Waals surface area (Å²) in [6.45, 7) is 2.12. The Bertz CT molecular complexity index is 526. The SMILES string of the molecule is CCOc1ccccc1C(NS(C)(=O)=O)C(=O)O. The summed E-state index contributed by atoms with van der Waals surface area (Å²) in [5, 5.41) is 9.10. The van der Waals surface area contributed by atoms with Crippen LogP contribution >= 0.6 is 0 Å². The van der Waals surface area contributed by atoms with Gasteiger partial charge in [-0.15, -0.1) is 0 Å². The molecule has 0 fully saturated rings. The van der Waals surface area contributed by atoms with Gasteiger partial charge in [-0.1, -0.05) is 18.2 Å². The number of carboxylic acids is 1. The minimum Gasteiger partial charge on any atom is -0.494 e. The van der Waals surface area contributed by atoms with Crippen molar-refractivity contribution in [2.75, 3.05) is 12.9 Å². The standard InChI is InChI=1S/C11H15NO5S/c1-3-17-9-7-5-4-6-8(9)10(11(13)14)12-18(2,15)16/h4-7,10,12H,3H2,1-2H3,(H,13,14). The van der Waals surface area contributed by atoms with Gasteiger partial charge >= 0.3 is 5.97 Å². The fraction of sp³-hybridized carbons (Fsp3) is 0.364. The lowest BCUT2D eigenvalue weighted by molar-refractivity contribution is -0.139. The molecule has 0 heterocycles. The molecular formula is C11H15NO5S. The molecule has 0 spiro atoms. The highest BCUT2D eigenvalue weighted by Gasteiger charge is 2.26. The van der Waals surface area contributed by atoms with Gasteiger partial charge in [-0.05, 0) is 13.0 Å². The van der Waals surface area contributed by atoms with Crippen LogP contribution < -0.4 is 9.46 Å². The molecule has 0 aliphatic heterocycles. The number of carbonyl (C=O) groups is 1. The third-order valence-corrected chi connectivity index (χ3v) is 2.77. The minimum atomic E-state index is -3.63. The van der Waals surface area contributed by atoms with Gasteiger partial charge in [0.2, 0.25) is 10.0 Å². The van der Waals surface area contributed by atoms with Gasteiger partial charge in [-0.2, -0.15) is 4.72 Å². The summed E-state index contributed by atoms with van der Waals surface area (Å²) in [6, 6.07) is 5.06. The molecule has 6 nitrogen and oxygen atoms in total. The second-order valence-electron chi connectivity index (χ2n) is 3.63. The maximum atomic E-state index is 11.2. The largest absolute Gasteiger partial charge is 0.494 e. The van der Waals surface area contributed by atoms with Crippen molar-refractivity contribution in [3.8, 4) is 5.75 Å². The molecule has 100 valence electrons. The van der Waals surface area contributed by atoms with Crippen LogP contribution in [0.5, 0.6) is 5.75 Å². The van der Waals surface area contributed by atoms with Crippen LogP contribution in [-0.4, -0.2) is 32.4 Å². The van der Waals surface area contributed by atoms with Gasteiger partial charge < -0.3 is 9.84 Å². The Labute approximate surface area is 106 Å². The van der Waals surface area contributed by atoms with Gasteiger partial charge in [0.15, 0.2) is 0 Å². The second-order valence-corrected chi connectivity index (χ2v) is 5.41. The van der Waals surface area contributed by atoms with Gasteiger partial charge in [-0.3, -0.25) is 4.79 Å².